The van der Waals surface area contributed by atoms with Crippen LogP contribution >= 0.6 is 0 Å². The van der Waals surface area contributed by atoms with Gasteiger partial charge in [-0.3, -0.25) is 0 Å². The molecular formula is C68H54N12. The Morgan fingerprint density at radius 1 is 0.275 bits per heavy atom. The van der Waals surface area contributed by atoms with Gasteiger partial charge in [-0.2, -0.15) is 0 Å². The smallest absolute Gasteiger partial charge is 0.164 e. The number of aromatic nitrogens is 8. The summed E-state index contributed by atoms with van der Waals surface area (Å²) in [5.41, 5.74) is 21.6. The molecule has 0 spiro atoms. The third-order valence-electron chi connectivity index (χ3n) is 17.7. The first kappa shape index (κ1) is 45.9. The molecule has 0 radical (unpaired) electrons. The molecule has 6 aliphatic rings. The zero-order chi connectivity index (χ0) is 52.4. The second-order valence-electron chi connectivity index (χ2n) is 22.0. The van der Waals surface area contributed by atoms with Gasteiger partial charge in [-0.1, -0.05) is 170 Å². The second kappa shape index (κ2) is 18.3. The summed E-state index contributed by atoms with van der Waals surface area (Å²) in [6.45, 7) is 3.25. The van der Waals surface area contributed by atoms with E-state index in [2.05, 4.69) is 189 Å². The van der Waals surface area contributed by atoms with E-state index in [-0.39, 0.29) is 24.2 Å². The normalized spacial score (nSPS) is 18.9. The van der Waals surface area contributed by atoms with Gasteiger partial charge in [0.1, 0.15) is 22.6 Å². The van der Waals surface area contributed by atoms with Crippen molar-refractivity contribution in [2.24, 2.45) is 0 Å². The fraction of sp³-hybridized carbons (Fsp3) is 0.176. The van der Waals surface area contributed by atoms with Crippen LogP contribution < -0.4 is 21.3 Å². The lowest BCUT2D eigenvalue weighted by Crippen LogP contribution is -2.40. The predicted octanol–water partition coefficient (Wildman–Crippen LogP) is 11.8. The summed E-state index contributed by atoms with van der Waals surface area (Å²) in [7, 11) is 0. The summed E-state index contributed by atoms with van der Waals surface area (Å²) in [4.78, 5) is 41.0. The molecule has 0 saturated heterocycles. The number of nitrogens with one attached hydrogen (secondary N) is 6. The topological polar surface area (TPSA) is 157 Å². The highest BCUT2D eigenvalue weighted by Gasteiger charge is 2.42. The van der Waals surface area contributed by atoms with Gasteiger partial charge in [0.25, 0.3) is 0 Å². The first-order valence-corrected chi connectivity index (χ1v) is 28.3. The SMILES string of the molecule is c1ccc2c(c1)CCNC2c1c(C2NCCc3ccccc32)c(C2NCCc3ccccc32)c2c3nc4nc(nc5[nH]c(nc6nc(nc([nH]3)c2c1C1NCCc2ccccc21)-c1ccccc1-6)c1ccccc51)-c1ccccc1-4. The highest BCUT2D eigenvalue weighted by atomic mass is 15.1. The molecule has 12 nitrogen and oxygen atoms in total. The van der Waals surface area contributed by atoms with Crippen molar-refractivity contribution >= 4 is 44.1 Å². The predicted molar refractivity (Wildman–Crippen MR) is 316 cm³/mol. The van der Waals surface area contributed by atoms with Crippen molar-refractivity contribution in [1.29, 1.82) is 0 Å². The van der Waals surface area contributed by atoms with Gasteiger partial charge >= 0.3 is 0 Å². The number of H-pyrrole nitrogens is 2. The average molecular weight is 1040 g/mol. The zero-order valence-corrected chi connectivity index (χ0v) is 43.8. The number of hydrogen-bond acceptors (Lipinski definition) is 10. The molecule has 6 aliphatic heterocycles. The van der Waals surface area contributed by atoms with Crippen molar-refractivity contribution < 1.29 is 0 Å². The molecule has 4 atom stereocenters. The number of hydrogen-bond donors (Lipinski definition) is 6. The largest absolute Gasteiger partial charge is 0.324 e. The van der Waals surface area contributed by atoms with Crippen LogP contribution in [0.4, 0.5) is 0 Å². The van der Waals surface area contributed by atoms with Crippen LogP contribution in [0.25, 0.3) is 89.7 Å². The van der Waals surface area contributed by atoms with Crippen molar-refractivity contribution in [2.75, 3.05) is 26.2 Å². The lowest BCUT2D eigenvalue weighted by Gasteiger charge is -2.41. The fourth-order valence-corrected chi connectivity index (χ4v) is 14.3. The Kier molecular flexibility index (Phi) is 10.5. The van der Waals surface area contributed by atoms with E-state index in [0.717, 1.165) is 95.7 Å². The third-order valence-corrected chi connectivity index (χ3v) is 17.7. The highest BCUT2D eigenvalue weighted by molar-refractivity contribution is 6.11. The Morgan fingerprint density at radius 3 is 0.900 bits per heavy atom. The van der Waals surface area contributed by atoms with Crippen molar-refractivity contribution in [3.8, 4) is 45.6 Å². The van der Waals surface area contributed by atoms with E-state index < -0.39 is 0 Å². The Hall–Kier alpha value is -9.04. The van der Waals surface area contributed by atoms with Gasteiger partial charge in [-0.25, -0.2) is 29.9 Å². The number of fused-ring (bicyclic) bond motifs is 24. The lowest BCUT2D eigenvalue weighted by molar-refractivity contribution is 0.506. The van der Waals surface area contributed by atoms with Crippen LogP contribution in [-0.4, -0.2) is 66.1 Å². The molecule has 80 heavy (non-hydrogen) atoms. The highest BCUT2D eigenvalue weighted by Crippen LogP contribution is 2.53. The summed E-state index contributed by atoms with van der Waals surface area (Å²) in [6.07, 6.45) is 3.71. The Morgan fingerprint density at radius 2 is 0.550 bits per heavy atom. The minimum atomic E-state index is -0.244. The van der Waals surface area contributed by atoms with E-state index in [1.165, 1.54) is 66.8 Å². The molecule has 4 unspecified atom stereocenters. The molecule has 17 rings (SSSR count). The molecule has 8 aromatic carbocycles. The summed E-state index contributed by atoms with van der Waals surface area (Å²) in [5, 5.41) is 20.7. The van der Waals surface area contributed by atoms with Gasteiger partial charge < -0.3 is 31.2 Å². The summed E-state index contributed by atoms with van der Waals surface area (Å²) >= 11 is 0. The van der Waals surface area contributed by atoms with Crippen LogP contribution in [0.2, 0.25) is 0 Å². The van der Waals surface area contributed by atoms with Crippen LogP contribution in [0.15, 0.2) is 170 Å². The second-order valence-corrected chi connectivity index (χ2v) is 22.0. The van der Waals surface area contributed by atoms with Gasteiger partial charge in [-0.15, -0.1) is 0 Å². The number of rotatable bonds is 4. The van der Waals surface area contributed by atoms with Crippen LogP contribution in [0.5, 0.6) is 0 Å². The minimum absolute atomic E-state index is 0.197. The molecule has 11 aromatic rings. The standard InChI is InChI=1S/C68H54N12/c1-5-19-41-37(15-1)29-33-69-57(41)51-52(58-42-20-6-2-16-38(42)30-34-70-58)54(60-44-22-8-4-18-40(44)32-36-72-60)56-55(53(51)59-43-21-7-3-17-39(43)31-35-71-59)67-78-65-49-27-13-11-25-47(49)63(76-65)74-61-45-23-9-10-24-46(45)62(73-61)75-64-48-26-12-14-28-50(48)66(77-64)79-68(56)80-67/h1-28,57-60,69-72H,29-36H2,(H2,73,74,75,76,77,78,79,80). The Balaban J connectivity index is 1.14. The maximum absolute atomic E-state index is 5.88. The molecule has 0 aliphatic carbocycles. The average Bonchev–Trinajstić information content (AvgIpc) is 4.39. The number of aromatic amines is 2. The molecule has 386 valence electrons. The first-order valence-electron chi connectivity index (χ1n) is 28.3. The molecular weight excluding hydrogens is 985 g/mol. The molecule has 9 heterocycles. The third kappa shape index (κ3) is 7.09. The van der Waals surface area contributed by atoms with E-state index >= 15 is 0 Å². The van der Waals surface area contributed by atoms with Crippen molar-refractivity contribution in [1.82, 2.24) is 61.1 Å². The molecule has 12 heteroatoms. The molecule has 0 fully saturated rings. The molecule has 0 amide bonds. The zero-order valence-electron chi connectivity index (χ0n) is 43.8. The van der Waals surface area contributed by atoms with Gasteiger partial charge in [0.2, 0.25) is 0 Å². The maximum atomic E-state index is 5.88. The van der Waals surface area contributed by atoms with Gasteiger partial charge in [0.15, 0.2) is 23.3 Å². The molecule has 8 bridgehead atoms. The van der Waals surface area contributed by atoms with Crippen molar-refractivity contribution in [3.63, 3.8) is 0 Å². The van der Waals surface area contributed by atoms with E-state index in [1.54, 1.807) is 0 Å². The van der Waals surface area contributed by atoms with Gasteiger partial charge in [0.05, 0.1) is 24.2 Å². The number of benzene rings is 8. The van der Waals surface area contributed by atoms with E-state index in [1.807, 2.05) is 12.1 Å². The Bertz CT molecular complexity index is 4290. The van der Waals surface area contributed by atoms with E-state index in [4.69, 9.17) is 29.9 Å². The van der Waals surface area contributed by atoms with Crippen LogP contribution in [0.3, 0.4) is 0 Å². The Labute approximate surface area is 461 Å². The molecule has 0 saturated carbocycles. The minimum Gasteiger partial charge on any atom is -0.324 e. The quantitative estimate of drug-likeness (QED) is 0.100. The van der Waals surface area contributed by atoms with Crippen molar-refractivity contribution in [2.45, 2.75) is 49.9 Å². The fourth-order valence-electron chi connectivity index (χ4n) is 14.3. The van der Waals surface area contributed by atoms with E-state index in [9.17, 15) is 0 Å². The lowest BCUT2D eigenvalue weighted by atomic mass is 9.72. The summed E-state index contributed by atoms with van der Waals surface area (Å²) in [5.74, 6) is 2.29. The monoisotopic (exact) mass is 1040 g/mol. The van der Waals surface area contributed by atoms with Crippen molar-refractivity contribution in [3.05, 3.63) is 237 Å². The maximum Gasteiger partial charge on any atom is 0.164 e. The first-order chi connectivity index (χ1) is 39.7. The molecule has 6 N–H and O–H groups in total. The van der Waals surface area contributed by atoms with Crippen LogP contribution in [0.1, 0.15) is 90.9 Å². The summed E-state index contributed by atoms with van der Waals surface area (Å²) < 4.78 is 0. The molecule has 3 aromatic heterocycles. The van der Waals surface area contributed by atoms with Gasteiger partial charge in [0, 0.05) is 70.0 Å². The number of nitrogens with zero attached hydrogens (tertiary/aromatic N) is 6. The van der Waals surface area contributed by atoms with Crippen LogP contribution in [-0.2, 0) is 25.7 Å². The van der Waals surface area contributed by atoms with Gasteiger partial charge in [-0.05, 0) is 92.4 Å². The summed E-state index contributed by atoms with van der Waals surface area (Å²) in [6, 6.07) is 60.3. The van der Waals surface area contributed by atoms with E-state index in [0.29, 0.717) is 45.9 Å². The van der Waals surface area contributed by atoms with Crippen LogP contribution in [0, 0.1) is 0 Å².